The molecule has 9 heteroatoms. The van der Waals surface area contributed by atoms with Crippen LogP contribution in [0, 0.1) is 0 Å². The van der Waals surface area contributed by atoms with Gasteiger partial charge in [0.1, 0.15) is 5.60 Å². The van der Waals surface area contributed by atoms with Crippen LogP contribution in [0.4, 0.5) is 0 Å². The Hall–Kier alpha value is -1.42. The van der Waals surface area contributed by atoms with Crippen molar-refractivity contribution in [2.45, 2.75) is 87.8 Å². The van der Waals surface area contributed by atoms with Crippen molar-refractivity contribution in [3.05, 3.63) is 24.3 Å². The SMILES string of the molecule is CC(C)(C)OC(=O)C1(S(=O)(=O)c2ccc(B3OC(C)(C)C(C)(C)O3)cc2)CCOCC1. The van der Waals surface area contributed by atoms with E-state index in [2.05, 4.69) is 0 Å². The second-order valence-corrected chi connectivity index (χ2v) is 12.5. The monoisotopic (exact) mass is 452 g/mol. The van der Waals surface area contributed by atoms with Crippen LogP contribution in [0.25, 0.3) is 0 Å². The molecule has 0 bridgehead atoms. The second kappa shape index (κ2) is 7.87. The fraction of sp³-hybridized carbons (Fsp3) is 0.682. The lowest BCUT2D eigenvalue weighted by atomic mass is 9.79. The van der Waals surface area contributed by atoms with E-state index < -0.39 is 44.5 Å². The van der Waals surface area contributed by atoms with Gasteiger partial charge in [0.2, 0.25) is 0 Å². The second-order valence-electron chi connectivity index (χ2n) is 10.3. The van der Waals surface area contributed by atoms with Gasteiger partial charge in [-0.2, -0.15) is 0 Å². The highest BCUT2D eigenvalue weighted by Crippen LogP contribution is 2.38. The number of ether oxygens (including phenoxy) is 2. The minimum absolute atomic E-state index is 0.0588. The molecule has 0 atom stereocenters. The molecule has 3 rings (SSSR count). The van der Waals surface area contributed by atoms with Crippen molar-refractivity contribution < 1.29 is 32.0 Å². The highest BCUT2D eigenvalue weighted by molar-refractivity contribution is 7.93. The van der Waals surface area contributed by atoms with Gasteiger partial charge < -0.3 is 18.8 Å². The minimum Gasteiger partial charge on any atom is -0.459 e. The summed E-state index contributed by atoms with van der Waals surface area (Å²) in [5.74, 6) is -0.724. The summed E-state index contributed by atoms with van der Waals surface area (Å²) in [4.78, 5) is 13.1. The molecule has 2 saturated heterocycles. The Morgan fingerprint density at radius 2 is 1.45 bits per heavy atom. The van der Waals surface area contributed by atoms with Crippen LogP contribution in [0.1, 0.15) is 61.3 Å². The molecule has 2 aliphatic rings. The van der Waals surface area contributed by atoms with Crippen LogP contribution < -0.4 is 5.46 Å². The fourth-order valence-electron chi connectivity index (χ4n) is 3.66. The Kier molecular flexibility index (Phi) is 6.15. The molecule has 0 aliphatic carbocycles. The van der Waals surface area contributed by atoms with E-state index in [0.717, 1.165) is 5.46 Å². The molecule has 2 fully saturated rings. The highest BCUT2D eigenvalue weighted by Gasteiger charge is 2.55. The maximum absolute atomic E-state index is 13.7. The molecule has 172 valence electrons. The number of hydrogen-bond donors (Lipinski definition) is 0. The van der Waals surface area contributed by atoms with Gasteiger partial charge in [0.25, 0.3) is 0 Å². The summed E-state index contributed by atoms with van der Waals surface area (Å²) in [6, 6.07) is 6.38. The first kappa shape index (κ1) is 24.2. The van der Waals surface area contributed by atoms with Crippen LogP contribution in [-0.4, -0.2) is 56.3 Å². The lowest BCUT2D eigenvalue weighted by Gasteiger charge is -2.36. The van der Waals surface area contributed by atoms with Crippen molar-refractivity contribution in [2.24, 2.45) is 0 Å². The normalized spacial score (nSPS) is 22.9. The predicted octanol–water partition coefficient (Wildman–Crippen LogP) is 2.65. The summed E-state index contributed by atoms with van der Waals surface area (Å²) in [7, 11) is -4.61. The van der Waals surface area contributed by atoms with Gasteiger partial charge in [-0.25, -0.2) is 8.42 Å². The largest absolute Gasteiger partial charge is 0.494 e. The average molecular weight is 452 g/mol. The van der Waals surface area contributed by atoms with Gasteiger partial charge in [0, 0.05) is 26.1 Å². The van der Waals surface area contributed by atoms with E-state index >= 15 is 0 Å². The van der Waals surface area contributed by atoms with Gasteiger partial charge in [0.15, 0.2) is 14.6 Å². The third-order valence-corrected chi connectivity index (χ3v) is 8.80. The van der Waals surface area contributed by atoms with E-state index in [-0.39, 0.29) is 31.0 Å². The molecule has 31 heavy (non-hydrogen) atoms. The molecule has 0 aromatic heterocycles. The van der Waals surface area contributed by atoms with Gasteiger partial charge in [-0.05, 0) is 66.1 Å². The summed E-state index contributed by atoms with van der Waals surface area (Å²) in [6.45, 7) is 13.4. The molecule has 2 heterocycles. The smallest absolute Gasteiger partial charge is 0.459 e. The average Bonchev–Trinajstić information content (AvgIpc) is 2.88. The molecule has 0 radical (unpaired) electrons. The maximum atomic E-state index is 13.7. The van der Waals surface area contributed by atoms with E-state index in [1.807, 2.05) is 27.7 Å². The number of carbonyl (C=O) groups excluding carboxylic acids is 1. The summed E-state index contributed by atoms with van der Waals surface area (Å²) in [5, 5.41) is 0. The molecular formula is C22H33BO7S. The molecule has 2 aliphatic heterocycles. The number of hydrogen-bond acceptors (Lipinski definition) is 7. The first-order valence-electron chi connectivity index (χ1n) is 10.6. The zero-order chi connectivity index (χ0) is 23.3. The molecule has 0 spiro atoms. The van der Waals surface area contributed by atoms with E-state index in [1.165, 1.54) is 12.1 Å². The van der Waals surface area contributed by atoms with E-state index in [0.29, 0.717) is 0 Å². The van der Waals surface area contributed by atoms with Crippen LogP contribution in [0.15, 0.2) is 29.2 Å². The van der Waals surface area contributed by atoms with Crippen molar-refractivity contribution in [3.8, 4) is 0 Å². The highest BCUT2D eigenvalue weighted by atomic mass is 32.2. The molecule has 0 saturated carbocycles. The van der Waals surface area contributed by atoms with Crippen molar-refractivity contribution >= 4 is 28.4 Å². The summed E-state index contributed by atoms with van der Waals surface area (Å²) < 4.78 is 48.6. The van der Waals surface area contributed by atoms with E-state index in [4.69, 9.17) is 18.8 Å². The van der Waals surface area contributed by atoms with Gasteiger partial charge in [-0.15, -0.1) is 0 Å². The Balaban J connectivity index is 1.92. The summed E-state index contributed by atoms with van der Waals surface area (Å²) in [5.41, 5.74) is -1.06. The van der Waals surface area contributed by atoms with Crippen LogP contribution in [0.5, 0.6) is 0 Å². The number of esters is 1. The standard InChI is InChI=1S/C22H33BO7S/c1-19(2,3)28-18(24)22(12-14-27-15-13-22)31(25,26)17-10-8-16(9-11-17)23-29-20(4,5)21(6,7)30-23/h8-11H,12-15H2,1-7H3. The first-order chi connectivity index (χ1) is 14.1. The molecule has 1 aromatic carbocycles. The van der Waals surface area contributed by atoms with Crippen LogP contribution in [0.2, 0.25) is 0 Å². The topological polar surface area (TPSA) is 88.1 Å². The molecule has 0 amide bonds. The summed E-state index contributed by atoms with van der Waals surface area (Å²) >= 11 is 0. The van der Waals surface area contributed by atoms with Crippen LogP contribution in [0.3, 0.4) is 0 Å². The molecule has 0 unspecified atom stereocenters. The third kappa shape index (κ3) is 4.42. The van der Waals surface area contributed by atoms with Crippen LogP contribution in [-0.2, 0) is 33.4 Å². The van der Waals surface area contributed by atoms with Gasteiger partial charge in [-0.1, -0.05) is 12.1 Å². The maximum Gasteiger partial charge on any atom is 0.494 e. The van der Waals surface area contributed by atoms with E-state index in [1.54, 1.807) is 32.9 Å². The van der Waals surface area contributed by atoms with Crippen LogP contribution >= 0.6 is 0 Å². The molecule has 7 nitrogen and oxygen atoms in total. The van der Waals surface area contributed by atoms with Crippen molar-refractivity contribution in [3.63, 3.8) is 0 Å². The Labute approximate surface area is 185 Å². The zero-order valence-corrected chi connectivity index (χ0v) is 20.3. The predicted molar refractivity (Wildman–Crippen MR) is 118 cm³/mol. The minimum atomic E-state index is -4.02. The van der Waals surface area contributed by atoms with Crippen molar-refractivity contribution in [2.75, 3.05) is 13.2 Å². The van der Waals surface area contributed by atoms with Gasteiger partial charge in [-0.3, -0.25) is 4.79 Å². The molecular weight excluding hydrogens is 419 g/mol. The Morgan fingerprint density at radius 3 is 1.90 bits per heavy atom. The summed E-state index contributed by atoms with van der Waals surface area (Å²) in [6.07, 6.45) is 0.118. The van der Waals surface area contributed by atoms with E-state index in [9.17, 15) is 13.2 Å². The number of carbonyl (C=O) groups is 1. The number of benzene rings is 1. The van der Waals surface area contributed by atoms with Gasteiger partial charge >= 0.3 is 13.1 Å². The number of rotatable bonds is 4. The zero-order valence-electron chi connectivity index (χ0n) is 19.5. The van der Waals surface area contributed by atoms with Crippen molar-refractivity contribution in [1.82, 2.24) is 0 Å². The quantitative estimate of drug-likeness (QED) is 0.513. The molecule has 0 N–H and O–H groups in total. The third-order valence-electron chi connectivity index (χ3n) is 6.30. The molecule has 1 aromatic rings. The lowest BCUT2D eigenvalue weighted by Crippen LogP contribution is -2.53. The fourth-order valence-corrected chi connectivity index (χ4v) is 5.57. The Morgan fingerprint density at radius 1 is 0.968 bits per heavy atom. The lowest BCUT2D eigenvalue weighted by molar-refractivity contribution is -0.160. The van der Waals surface area contributed by atoms with Gasteiger partial charge in [0.05, 0.1) is 16.1 Å². The Bertz CT molecular complexity index is 908. The first-order valence-corrected chi connectivity index (χ1v) is 12.1. The van der Waals surface area contributed by atoms with Crippen molar-refractivity contribution in [1.29, 1.82) is 0 Å². The number of sulfone groups is 1.